The first-order valence-corrected chi connectivity index (χ1v) is 20.3. The topological polar surface area (TPSA) is 262 Å². The summed E-state index contributed by atoms with van der Waals surface area (Å²) in [7, 11) is 6.28. The Morgan fingerprint density at radius 3 is 2.06 bits per heavy atom. The zero-order valence-electron chi connectivity index (χ0n) is 35.6. The van der Waals surface area contributed by atoms with Crippen LogP contribution in [0, 0.1) is 0 Å². The van der Waals surface area contributed by atoms with Crippen LogP contribution in [0.4, 0.5) is 11.4 Å². The molecule has 5 aromatic rings. The van der Waals surface area contributed by atoms with Crippen molar-refractivity contribution in [3.05, 3.63) is 112 Å². The molecule has 19 heteroatoms. The first-order chi connectivity index (χ1) is 30.3. The van der Waals surface area contributed by atoms with Crippen molar-refractivity contribution in [1.29, 1.82) is 0 Å². The molecule has 6 atom stereocenters. The molecule has 2 aliphatic carbocycles. The van der Waals surface area contributed by atoms with E-state index in [-0.39, 0.29) is 57.4 Å². The molecule has 19 nitrogen and oxygen atoms in total. The van der Waals surface area contributed by atoms with E-state index in [1.807, 2.05) is 0 Å². The highest BCUT2D eigenvalue weighted by Gasteiger charge is 2.50. The smallest absolute Gasteiger partial charge is 0.272 e. The van der Waals surface area contributed by atoms with Gasteiger partial charge in [0.05, 0.1) is 53.4 Å². The number of aromatic nitrogens is 3. The predicted molar refractivity (Wildman–Crippen MR) is 226 cm³/mol. The molecular formula is C45H46N6O13. The lowest BCUT2D eigenvalue weighted by atomic mass is 9.72. The molecule has 8 rings (SSSR count). The van der Waals surface area contributed by atoms with Gasteiger partial charge >= 0.3 is 0 Å². The Labute approximate surface area is 365 Å². The number of ketones is 3. The Hall–Kier alpha value is -7.06. The van der Waals surface area contributed by atoms with Gasteiger partial charge in [0, 0.05) is 75.7 Å². The fourth-order valence-electron chi connectivity index (χ4n) is 8.81. The van der Waals surface area contributed by atoms with Crippen molar-refractivity contribution in [2.24, 2.45) is 21.1 Å². The van der Waals surface area contributed by atoms with Gasteiger partial charge in [0.25, 0.3) is 17.7 Å². The van der Waals surface area contributed by atoms with Crippen LogP contribution >= 0.6 is 0 Å². The molecular weight excluding hydrogens is 833 g/mol. The highest BCUT2D eigenvalue weighted by atomic mass is 16.7. The molecule has 7 N–H and O–H groups in total. The molecule has 1 fully saturated rings. The van der Waals surface area contributed by atoms with E-state index in [9.17, 15) is 49.2 Å². The minimum atomic E-state index is -2.15. The molecule has 0 saturated carbocycles. The summed E-state index contributed by atoms with van der Waals surface area (Å²) in [4.78, 5) is 80.6. The summed E-state index contributed by atoms with van der Waals surface area (Å²) >= 11 is 0. The van der Waals surface area contributed by atoms with Gasteiger partial charge in [-0.05, 0) is 44.2 Å². The van der Waals surface area contributed by atoms with Crippen LogP contribution in [-0.4, -0.2) is 106 Å². The summed E-state index contributed by atoms with van der Waals surface area (Å²) in [5.41, 5.74) is -2.23. The number of nitrogens with zero attached hydrogens (tertiary/aromatic N) is 3. The Morgan fingerprint density at radius 1 is 0.828 bits per heavy atom. The molecule has 0 radical (unpaired) electrons. The molecule has 0 spiro atoms. The zero-order chi connectivity index (χ0) is 46.1. The van der Waals surface area contributed by atoms with Crippen LogP contribution in [0.15, 0.2) is 61.1 Å². The number of hydrogen-bond donors (Lipinski definition) is 7. The largest absolute Gasteiger partial charge is 0.507 e. The summed E-state index contributed by atoms with van der Waals surface area (Å²) in [5, 5.41) is 54.7. The van der Waals surface area contributed by atoms with E-state index in [0.717, 1.165) is 6.92 Å². The van der Waals surface area contributed by atoms with Crippen molar-refractivity contribution in [3.63, 3.8) is 0 Å². The number of carbonyl (C=O) groups excluding carboxylic acids is 6. The van der Waals surface area contributed by atoms with Gasteiger partial charge < -0.3 is 64.3 Å². The molecule has 1 aliphatic heterocycles. The second-order valence-corrected chi connectivity index (χ2v) is 16.4. The highest BCUT2D eigenvalue weighted by molar-refractivity contribution is 6.31. The summed E-state index contributed by atoms with van der Waals surface area (Å²) in [6.45, 7) is 2.68. The number of rotatable bonds is 10. The number of aliphatic hydroxyl groups is 2. The SMILES string of the molecule is COc1cccc2c1C(=O)c1c(O)c3c(c(O)c1C2=O)C[C@@](O)(C(C)=O)C[C@@H]3OC1CC(NC(=O)c2cc(NC(=O)c3cc(NC(=O)c4cccn4C)cn3C)cn2C)C(O)C(C)O1. The highest BCUT2D eigenvalue weighted by Crippen LogP contribution is 2.52. The van der Waals surface area contributed by atoms with E-state index in [1.54, 1.807) is 54.8 Å². The van der Waals surface area contributed by atoms with Crippen LogP contribution in [0.3, 0.4) is 0 Å². The minimum absolute atomic E-state index is 0.0674. The van der Waals surface area contributed by atoms with Gasteiger partial charge in [0.15, 0.2) is 17.9 Å². The lowest BCUT2D eigenvalue weighted by Crippen LogP contribution is -2.56. The van der Waals surface area contributed by atoms with Crippen molar-refractivity contribution in [3.8, 4) is 17.2 Å². The fourth-order valence-corrected chi connectivity index (χ4v) is 8.81. The second-order valence-electron chi connectivity index (χ2n) is 16.4. The van der Waals surface area contributed by atoms with Crippen molar-refractivity contribution in [2.75, 3.05) is 17.7 Å². The average Bonchev–Trinajstić information content (AvgIpc) is 3.96. The van der Waals surface area contributed by atoms with Gasteiger partial charge in [0.2, 0.25) is 5.78 Å². The third kappa shape index (κ3) is 7.40. The molecule has 0 bridgehead atoms. The summed E-state index contributed by atoms with van der Waals surface area (Å²) in [6, 6.07) is 9.70. The van der Waals surface area contributed by atoms with Crippen LogP contribution in [0.25, 0.3) is 0 Å². The van der Waals surface area contributed by atoms with E-state index in [4.69, 9.17) is 14.2 Å². The number of aryl methyl sites for hydroxylation is 3. The fraction of sp³-hybridized carbons (Fsp3) is 0.333. The number of fused-ring (bicyclic) bond motifs is 3. The van der Waals surface area contributed by atoms with Crippen molar-refractivity contribution < 1.29 is 63.4 Å². The first-order valence-electron chi connectivity index (χ1n) is 20.3. The predicted octanol–water partition coefficient (Wildman–Crippen LogP) is 3.02. The molecule has 3 aromatic heterocycles. The molecule has 2 aromatic carbocycles. The Kier molecular flexibility index (Phi) is 11.1. The number of anilines is 2. The van der Waals surface area contributed by atoms with Gasteiger partial charge in [-0.25, -0.2) is 0 Å². The number of phenolic OH excluding ortho intramolecular Hbond substituents is 2. The molecule has 64 heavy (non-hydrogen) atoms. The Morgan fingerprint density at radius 2 is 1.45 bits per heavy atom. The number of Topliss-reactive ketones (excluding diaryl/α,β-unsaturated/α-hetero) is 1. The van der Waals surface area contributed by atoms with Crippen LogP contribution in [-0.2, 0) is 41.8 Å². The number of hydrogen-bond acceptors (Lipinski definition) is 13. The summed E-state index contributed by atoms with van der Waals surface area (Å²) < 4.78 is 22.4. The van der Waals surface area contributed by atoms with Crippen LogP contribution < -0.4 is 20.7 Å². The van der Waals surface area contributed by atoms with Gasteiger partial charge in [-0.2, -0.15) is 0 Å². The molecule has 4 heterocycles. The monoisotopic (exact) mass is 878 g/mol. The molecule has 334 valence electrons. The molecule has 3 aliphatic rings. The van der Waals surface area contributed by atoms with E-state index in [1.165, 1.54) is 55.1 Å². The van der Waals surface area contributed by atoms with Crippen molar-refractivity contribution in [1.82, 2.24) is 19.0 Å². The van der Waals surface area contributed by atoms with Gasteiger partial charge in [0.1, 0.15) is 46.0 Å². The maximum Gasteiger partial charge on any atom is 0.272 e. The van der Waals surface area contributed by atoms with Crippen molar-refractivity contribution >= 4 is 46.4 Å². The number of benzene rings is 2. The number of phenols is 2. The van der Waals surface area contributed by atoms with Crippen LogP contribution in [0.1, 0.15) is 107 Å². The van der Waals surface area contributed by atoms with Crippen LogP contribution in [0.2, 0.25) is 0 Å². The molecule has 4 unspecified atom stereocenters. The number of amides is 3. The van der Waals surface area contributed by atoms with Crippen LogP contribution in [0.5, 0.6) is 17.2 Å². The van der Waals surface area contributed by atoms with Gasteiger partial charge in [-0.15, -0.1) is 0 Å². The number of nitrogens with one attached hydrogen (secondary N) is 3. The Bertz CT molecular complexity index is 2800. The van der Waals surface area contributed by atoms with E-state index < -0.39 is 101 Å². The van der Waals surface area contributed by atoms with Crippen molar-refractivity contribution in [2.45, 2.75) is 69.4 Å². The number of carbonyl (C=O) groups is 6. The Balaban J connectivity index is 1.01. The number of ether oxygens (including phenoxy) is 3. The van der Waals surface area contributed by atoms with Gasteiger partial charge in [-0.1, -0.05) is 12.1 Å². The quantitative estimate of drug-likeness (QED) is 0.0978. The summed E-state index contributed by atoms with van der Waals surface area (Å²) in [6.07, 6.45) is -1.21. The lowest BCUT2D eigenvalue weighted by Gasteiger charge is -2.42. The van der Waals surface area contributed by atoms with E-state index in [0.29, 0.717) is 11.4 Å². The standard InChI is InChI=1S/C45H46N6O13/c1-20-37(53)26(48-44(60)29-14-23(19-51(29)5)47-43(59)28-13-22(18-50(28)4)46-42(58)27-10-8-12-49(27)3)15-32(63-20)64-31-17-45(61,21(2)52)16-25-34(31)41(57)36-35(39(25)55)38(54)24-9-7-11-30(62-6)33(24)40(36)56/h7-14,18-20,26,31-32,37,53,55,57,61H,15-17H2,1-6H3,(H,46,58)(H,47,59)(H,48,60)/t20?,26?,31-,32?,37?,45-/m0/s1. The molecule has 3 amide bonds. The minimum Gasteiger partial charge on any atom is -0.507 e. The third-order valence-electron chi connectivity index (χ3n) is 12.2. The maximum absolute atomic E-state index is 14.0. The zero-order valence-corrected chi connectivity index (χ0v) is 35.6. The molecule has 1 saturated heterocycles. The normalized spacial score (nSPS) is 22.5. The number of aliphatic hydroxyl groups excluding tert-OH is 1. The van der Waals surface area contributed by atoms with E-state index >= 15 is 0 Å². The second kappa shape index (κ2) is 16.2. The number of aromatic hydroxyl groups is 2. The maximum atomic E-state index is 14.0. The lowest BCUT2D eigenvalue weighted by molar-refractivity contribution is -0.248. The first kappa shape index (κ1) is 43.6. The van der Waals surface area contributed by atoms with Gasteiger partial charge in [-0.3, -0.25) is 28.8 Å². The van der Waals surface area contributed by atoms with E-state index in [2.05, 4.69) is 16.0 Å². The third-order valence-corrected chi connectivity index (χ3v) is 12.2. The average molecular weight is 879 g/mol. The summed E-state index contributed by atoms with van der Waals surface area (Å²) in [5.74, 6) is -5.13. The number of methoxy groups -OCH3 is 1.